The molecule has 0 atom stereocenters. The lowest BCUT2D eigenvalue weighted by Gasteiger charge is -2.20. The van der Waals surface area contributed by atoms with Gasteiger partial charge >= 0.3 is 5.97 Å². The molecule has 0 aliphatic heterocycles. The first kappa shape index (κ1) is 13.0. The van der Waals surface area contributed by atoms with Gasteiger partial charge in [0.25, 0.3) is 0 Å². The molecule has 17 heavy (non-hydrogen) atoms. The number of pyridine rings is 1. The monoisotopic (exact) mass is 237 g/mol. The maximum absolute atomic E-state index is 11.1. The maximum Gasteiger partial charge on any atom is 0.337 e. The van der Waals surface area contributed by atoms with Gasteiger partial charge in [0.15, 0.2) is 0 Å². The minimum Gasteiger partial charge on any atom is -0.478 e. The molecule has 4 N–H and O–H groups in total. The zero-order valence-corrected chi connectivity index (χ0v) is 9.73. The van der Waals surface area contributed by atoms with Gasteiger partial charge in [0.05, 0.1) is 11.0 Å². The summed E-state index contributed by atoms with van der Waals surface area (Å²) in [5.41, 5.74) is 4.65. The average molecular weight is 237 g/mol. The van der Waals surface area contributed by atoms with Crippen LogP contribution in [0.15, 0.2) is 18.3 Å². The van der Waals surface area contributed by atoms with Crippen LogP contribution in [0.1, 0.15) is 24.2 Å². The Morgan fingerprint density at radius 3 is 2.53 bits per heavy atom. The molecule has 0 aliphatic rings. The van der Waals surface area contributed by atoms with Gasteiger partial charge in [-0.1, -0.05) is 0 Å². The molecule has 0 fully saturated rings. The number of primary amides is 1. The second-order valence-electron chi connectivity index (χ2n) is 4.34. The fourth-order valence-corrected chi connectivity index (χ4v) is 1.02. The highest BCUT2D eigenvalue weighted by Gasteiger charge is 2.24. The summed E-state index contributed by atoms with van der Waals surface area (Å²) in [6.07, 6.45) is 1.25. The fraction of sp³-hybridized carbons (Fsp3) is 0.364. The quantitative estimate of drug-likeness (QED) is 0.699. The number of hydrogen-bond acceptors (Lipinski definition) is 4. The van der Waals surface area contributed by atoms with Crippen molar-refractivity contribution in [2.24, 2.45) is 11.1 Å². The van der Waals surface area contributed by atoms with Crippen molar-refractivity contribution in [3.05, 3.63) is 23.9 Å². The number of rotatable bonds is 5. The third kappa shape index (κ3) is 3.44. The first-order valence-corrected chi connectivity index (χ1v) is 5.06. The molecule has 1 heterocycles. The van der Waals surface area contributed by atoms with Crippen molar-refractivity contribution in [3.8, 4) is 0 Å². The van der Waals surface area contributed by atoms with E-state index < -0.39 is 17.3 Å². The van der Waals surface area contributed by atoms with E-state index in [9.17, 15) is 9.59 Å². The average Bonchev–Trinajstić information content (AvgIpc) is 2.27. The zero-order valence-electron chi connectivity index (χ0n) is 9.73. The lowest BCUT2D eigenvalue weighted by molar-refractivity contribution is -0.125. The number of carbonyl (C=O) groups excluding carboxylic acids is 1. The van der Waals surface area contributed by atoms with E-state index in [-0.39, 0.29) is 5.56 Å². The summed E-state index contributed by atoms with van der Waals surface area (Å²) in [6.45, 7) is 3.77. The van der Waals surface area contributed by atoms with Crippen LogP contribution < -0.4 is 11.1 Å². The molecule has 0 bridgehead atoms. The second kappa shape index (κ2) is 4.82. The van der Waals surface area contributed by atoms with Crippen LogP contribution in [0, 0.1) is 5.41 Å². The molecule has 0 saturated carbocycles. The third-order valence-electron chi connectivity index (χ3n) is 2.39. The van der Waals surface area contributed by atoms with Crippen molar-refractivity contribution in [3.63, 3.8) is 0 Å². The number of hydrogen-bond donors (Lipinski definition) is 3. The molecule has 1 amide bonds. The Labute approximate surface area is 98.8 Å². The number of carbonyl (C=O) groups is 2. The number of nitrogens with one attached hydrogen (secondary N) is 1. The van der Waals surface area contributed by atoms with E-state index in [0.717, 1.165) is 0 Å². The SMILES string of the molecule is CC(C)(CNc1ccc(C(=O)O)cn1)C(N)=O. The number of carboxylic acids is 1. The Kier molecular flexibility index (Phi) is 3.67. The van der Waals surface area contributed by atoms with E-state index in [1.54, 1.807) is 19.9 Å². The number of aromatic nitrogens is 1. The van der Waals surface area contributed by atoms with Crippen LogP contribution in [-0.4, -0.2) is 28.5 Å². The Balaban J connectivity index is 2.65. The van der Waals surface area contributed by atoms with Crippen molar-refractivity contribution in [1.29, 1.82) is 0 Å². The van der Waals surface area contributed by atoms with Crippen molar-refractivity contribution >= 4 is 17.7 Å². The lowest BCUT2D eigenvalue weighted by atomic mass is 9.93. The van der Waals surface area contributed by atoms with Gasteiger partial charge in [-0.15, -0.1) is 0 Å². The van der Waals surface area contributed by atoms with E-state index >= 15 is 0 Å². The number of anilines is 1. The molecule has 1 rings (SSSR count). The Bertz CT molecular complexity index is 426. The lowest BCUT2D eigenvalue weighted by Crippen LogP contribution is -2.37. The molecule has 0 aromatic carbocycles. The molecule has 0 radical (unpaired) electrons. The summed E-state index contributed by atoms with van der Waals surface area (Å²) >= 11 is 0. The van der Waals surface area contributed by atoms with Crippen LogP contribution in [0.2, 0.25) is 0 Å². The Morgan fingerprint density at radius 1 is 1.47 bits per heavy atom. The highest BCUT2D eigenvalue weighted by molar-refractivity contribution is 5.87. The molecular formula is C11H15N3O3. The van der Waals surface area contributed by atoms with Gasteiger partial charge in [0, 0.05) is 12.7 Å². The van der Waals surface area contributed by atoms with E-state index in [4.69, 9.17) is 10.8 Å². The fourth-order valence-electron chi connectivity index (χ4n) is 1.02. The Morgan fingerprint density at radius 2 is 2.12 bits per heavy atom. The van der Waals surface area contributed by atoms with E-state index in [1.807, 2.05) is 0 Å². The van der Waals surface area contributed by atoms with Crippen LogP contribution in [0.25, 0.3) is 0 Å². The predicted octanol–water partition coefficient (Wildman–Crippen LogP) is 0.703. The molecule has 6 heteroatoms. The van der Waals surface area contributed by atoms with Crippen LogP contribution in [0.4, 0.5) is 5.82 Å². The topological polar surface area (TPSA) is 105 Å². The van der Waals surface area contributed by atoms with Gasteiger partial charge in [0.2, 0.25) is 5.91 Å². The number of amides is 1. The summed E-state index contributed by atoms with van der Waals surface area (Å²) < 4.78 is 0. The first-order valence-electron chi connectivity index (χ1n) is 5.06. The van der Waals surface area contributed by atoms with Crippen LogP contribution in [0.5, 0.6) is 0 Å². The van der Waals surface area contributed by atoms with E-state index in [0.29, 0.717) is 12.4 Å². The minimum absolute atomic E-state index is 0.115. The predicted molar refractivity (Wildman–Crippen MR) is 62.7 cm³/mol. The number of nitrogens with zero attached hydrogens (tertiary/aromatic N) is 1. The summed E-state index contributed by atoms with van der Waals surface area (Å²) in [4.78, 5) is 25.6. The zero-order chi connectivity index (χ0) is 13.1. The molecule has 0 spiro atoms. The Hall–Kier alpha value is -2.11. The largest absolute Gasteiger partial charge is 0.478 e. The molecule has 0 saturated heterocycles. The molecule has 6 nitrogen and oxygen atoms in total. The number of carboxylic acid groups (broad SMARTS) is 1. The van der Waals surface area contributed by atoms with Gasteiger partial charge in [-0.25, -0.2) is 9.78 Å². The van der Waals surface area contributed by atoms with Gasteiger partial charge in [-0.3, -0.25) is 4.79 Å². The molecule has 1 aromatic heterocycles. The van der Waals surface area contributed by atoms with Gasteiger partial charge < -0.3 is 16.2 Å². The molecule has 1 aromatic rings. The second-order valence-corrected chi connectivity index (χ2v) is 4.34. The highest BCUT2D eigenvalue weighted by Crippen LogP contribution is 2.15. The third-order valence-corrected chi connectivity index (χ3v) is 2.39. The molecule has 92 valence electrons. The van der Waals surface area contributed by atoms with Crippen LogP contribution >= 0.6 is 0 Å². The summed E-state index contributed by atoms with van der Waals surface area (Å²) in [5.74, 6) is -0.932. The minimum atomic E-state index is -1.03. The van der Waals surface area contributed by atoms with Crippen molar-refractivity contribution < 1.29 is 14.7 Å². The highest BCUT2D eigenvalue weighted by atomic mass is 16.4. The number of aromatic carboxylic acids is 1. The number of nitrogens with two attached hydrogens (primary N) is 1. The normalized spacial score (nSPS) is 10.9. The summed E-state index contributed by atoms with van der Waals surface area (Å²) in [7, 11) is 0. The summed E-state index contributed by atoms with van der Waals surface area (Å²) in [6, 6.07) is 2.98. The van der Waals surface area contributed by atoms with E-state index in [1.165, 1.54) is 12.3 Å². The standard InChI is InChI=1S/C11H15N3O3/c1-11(2,10(12)17)6-14-8-4-3-7(5-13-8)9(15)16/h3-5H,6H2,1-2H3,(H2,12,17)(H,13,14)(H,15,16). The van der Waals surface area contributed by atoms with Gasteiger partial charge in [-0.05, 0) is 26.0 Å². The van der Waals surface area contributed by atoms with E-state index in [2.05, 4.69) is 10.3 Å². The smallest absolute Gasteiger partial charge is 0.337 e. The molecular weight excluding hydrogens is 222 g/mol. The molecule has 0 aliphatic carbocycles. The molecule has 0 unspecified atom stereocenters. The maximum atomic E-state index is 11.1. The summed E-state index contributed by atoms with van der Waals surface area (Å²) in [5, 5.41) is 11.6. The van der Waals surface area contributed by atoms with Gasteiger partial charge in [-0.2, -0.15) is 0 Å². The van der Waals surface area contributed by atoms with Gasteiger partial charge in [0.1, 0.15) is 5.82 Å². The van der Waals surface area contributed by atoms with Crippen molar-refractivity contribution in [2.75, 3.05) is 11.9 Å². The van der Waals surface area contributed by atoms with Crippen LogP contribution in [-0.2, 0) is 4.79 Å². The van der Waals surface area contributed by atoms with Crippen molar-refractivity contribution in [2.45, 2.75) is 13.8 Å². The van der Waals surface area contributed by atoms with Crippen LogP contribution in [0.3, 0.4) is 0 Å². The first-order chi connectivity index (χ1) is 7.83. The van der Waals surface area contributed by atoms with Crippen molar-refractivity contribution in [1.82, 2.24) is 4.98 Å².